The predicted molar refractivity (Wildman–Crippen MR) is 79.0 cm³/mol. The minimum Gasteiger partial charge on any atom is -0.356 e. The highest BCUT2D eigenvalue weighted by atomic mass is 16.1. The molecule has 1 saturated carbocycles. The average molecular weight is 266 g/mol. The number of piperidine rings is 1. The number of carbonyl (C=O) groups is 1. The van der Waals surface area contributed by atoms with Crippen molar-refractivity contribution in [3.63, 3.8) is 0 Å². The number of nitrogens with one attached hydrogen (secondary N) is 2. The summed E-state index contributed by atoms with van der Waals surface area (Å²) in [6, 6.07) is 0. The molecule has 0 spiro atoms. The Morgan fingerprint density at radius 3 is 2.58 bits per heavy atom. The van der Waals surface area contributed by atoms with E-state index < -0.39 is 0 Å². The van der Waals surface area contributed by atoms with E-state index in [0.717, 1.165) is 38.4 Å². The van der Waals surface area contributed by atoms with Crippen molar-refractivity contribution < 1.29 is 4.79 Å². The second-order valence-corrected chi connectivity index (χ2v) is 6.88. The van der Waals surface area contributed by atoms with E-state index in [1.807, 2.05) is 0 Å². The third kappa shape index (κ3) is 5.13. The molecular formula is C16H30N2O. The molecular weight excluding hydrogens is 236 g/mol. The van der Waals surface area contributed by atoms with Crippen LogP contribution in [0.4, 0.5) is 0 Å². The highest BCUT2D eigenvalue weighted by Gasteiger charge is 2.27. The van der Waals surface area contributed by atoms with Crippen LogP contribution < -0.4 is 10.6 Å². The van der Waals surface area contributed by atoms with Crippen LogP contribution >= 0.6 is 0 Å². The Balaban J connectivity index is 1.61. The zero-order valence-corrected chi connectivity index (χ0v) is 12.5. The molecule has 0 aromatic rings. The minimum absolute atomic E-state index is 0.269. The van der Waals surface area contributed by atoms with Crippen LogP contribution in [0.25, 0.3) is 0 Å². The summed E-state index contributed by atoms with van der Waals surface area (Å²) in [6.45, 7) is 5.48. The quantitative estimate of drug-likeness (QED) is 0.803. The maximum atomic E-state index is 11.9. The van der Waals surface area contributed by atoms with E-state index in [2.05, 4.69) is 17.6 Å². The Morgan fingerprint density at radius 2 is 1.89 bits per heavy atom. The first-order chi connectivity index (χ1) is 9.18. The van der Waals surface area contributed by atoms with Gasteiger partial charge in [-0.05, 0) is 56.5 Å². The highest BCUT2D eigenvalue weighted by Crippen LogP contribution is 2.34. The summed E-state index contributed by atoms with van der Waals surface area (Å²) in [4.78, 5) is 11.9. The largest absolute Gasteiger partial charge is 0.356 e. The maximum absolute atomic E-state index is 11.9. The molecule has 2 rings (SSSR count). The van der Waals surface area contributed by atoms with Crippen LogP contribution in [0.2, 0.25) is 0 Å². The molecule has 2 aliphatic rings. The first-order valence-electron chi connectivity index (χ1n) is 8.15. The molecule has 0 unspecified atom stereocenters. The fraction of sp³-hybridized carbons (Fsp3) is 0.938. The summed E-state index contributed by atoms with van der Waals surface area (Å²) >= 11 is 0. The maximum Gasteiger partial charge on any atom is 0.220 e. The van der Waals surface area contributed by atoms with Gasteiger partial charge in [-0.15, -0.1) is 0 Å². The second kappa shape index (κ2) is 7.28. The monoisotopic (exact) mass is 266 g/mol. The fourth-order valence-electron chi connectivity index (χ4n) is 3.49. The Bertz CT molecular complexity index is 278. The Kier molecular flexibility index (Phi) is 5.68. The summed E-state index contributed by atoms with van der Waals surface area (Å²) in [6.07, 6.45) is 10.9. The lowest BCUT2D eigenvalue weighted by atomic mass is 9.76. The Hall–Kier alpha value is -0.570. The molecule has 0 radical (unpaired) electrons. The SMILES string of the molecule is CC1(CNC(=O)CCC2CCNCC2)CCCCC1. The number of rotatable bonds is 5. The van der Waals surface area contributed by atoms with Crippen molar-refractivity contribution in [1.82, 2.24) is 10.6 Å². The number of carbonyl (C=O) groups excluding carboxylic acids is 1. The molecule has 1 aliphatic heterocycles. The van der Waals surface area contributed by atoms with Crippen molar-refractivity contribution in [1.29, 1.82) is 0 Å². The van der Waals surface area contributed by atoms with Crippen molar-refractivity contribution in [2.45, 2.75) is 64.7 Å². The van der Waals surface area contributed by atoms with Crippen molar-refractivity contribution in [3.05, 3.63) is 0 Å². The van der Waals surface area contributed by atoms with Crippen molar-refractivity contribution >= 4 is 5.91 Å². The summed E-state index contributed by atoms with van der Waals surface area (Å²) in [7, 11) is 0. The van der Waals surface area contributed by atoms with Crippen LogP contribution in [0.5, 0.6) is 0 Å². The third-order valence-electron chi connectivity index (χ3n) is 5.01. The first kappa shape index (κ1) is 14.8. The highest BCUT2D eigenvalue weighted by molar-refractivity contribution is 5.75. The van der Waals surface area contributed by atoms with E-state index >= 15 is 0 Å². The zero-order chi connectivity index (χ0) is 13.6. The molecule has 3 heteroatoms. The molecule has 3 nitrogen and oxygen atoms in total. The smallest absolute Gasteiger partial charge is 0.220 e. The molecule has 1 aliphatic carbocycles. The molecule has 1 saturated heterocycles. The van der Waals surface area contributed by atoms with Crippen molar-refractivity contribution in [2.75, 3.05) is 19.6 Å². The van der Waals surface area contributed by atoms with Gasteiger partial charge in [0.15, 0.2) is 0 Å². The lowest BCUT2D eigenvalue weighted by molar-refractivity contribution is -0.122. The van der Waals surface area contributed by atoms with Crippen LogP contribution in [0.1, 0.15) is 64.7 Å². The molecule has 19 heavy (non-hydrogen) atoms. The molecule has 0 bridgehead atoms. The van der Waals surface area contributed by atoms with Gasteiger partial charge in [-0.1, -0.05) is 26.2 Å². The van der Waals surface area contributed by atoms with Gasteiger partial charge < -0.3 is 10.6 Å². The summed E-state index contributed by atoms with van der Waals surface area (Å²) in [5.41, 5.74) is 0.364. The van der Waals surface area contributed by atoms with Gasteiger partial charge in [0.05, 0.1) is 0 Å². The van der Waals surface area contributed by atoms with Crippen LogP contribution in [0, 0.1) is 11.3 Å². The fourth-order valence-corrected chi connectivity index (χ4v) is 3.49. The molecule has 0 aromatic heterocycles. The van der Waals surface area contributed by atoms with Crippen LogP contribution in [-0.4, -0.2) is 25.5 Å². The average Bonchev–Trinajstić information content (AvgIpc) is 2.45. The van der Waals surface area contributed by atoms with Crippen LogP contribution in [0.3, 0.4) is 0 Å². The van der Waals surface area contributed by atoms with Crippen LogP contribution in [-0.2, 0) is 4.79 Å². The van der Waals surface area contributed by atoms with Gasteiger partial charge in [0.25, 0.3) is 0 Å². The van der Waals surface area contributed by atoms with Gasteiger partial charge in [0.2, 0.25) is 5.91 Å². The van der Waals surface area contributed by atoms with Gasteiger partial charge in [-0.2, -0.15) is 0 Å². The summed E-state index contributed by atoms with van der Waals surface area (Å²) in [5.74, 6) is 1.03. The number of hydrogen-bond acceptors (Lipinski definition) is 2. The topological polar surface area (TPSA) is 41.1 Å². The molecule has 1 heterocycles. The third-order valence-corrected chi connectivity index (χ3v) is 5.01. The summed E-state index contributed by atoms with van der Waals surface area (Å²) < 4.78 is 0. The number of hydrogen-bond donors (Lipinski definition) is 2. The van der Waals surface area contributed by atoms with E-state index in [9.17, 15) is 4.79 Å². The van der Waals surface area contributed by atoms with Crippen LogP contribution in [0.15, 0.2) is 0 Å². The molecule has 1 amide bonds. The molecule has 110 valence electrons. The molecule has 0 atom stereocenters. The van der Waals surface area contributed by atoms with Gasteiger partial charge in [0, 0.05) is 13.0 Å². The molecule has 2 fully saturated rings. The Labute approximate surface area is 117 Å². The predicted octanol–water partition coefficient (Wildman–Crippen LogP) is 2.85. The standard InChI is InChI=1S/C16H30N2O/c1-16(9-3-2-4-10-16)13-18-15(19)6-5-14-7-11-17-12-8-14/h14,17H,2-13H2,1H3,(H,18,19). The Morgan fingerprint density at radius 1 is 1.21 bits per heavy atom. The second-order valence-electron chi connectivity index (χ2n) is 6.88. The van der Waals surface area contributed by atoms with E-state index in [1.165, 1.54) is 44.9 Å². The van der Waals surface area contributed by atoms with E-state index in [-0.39, 0.29) is 5.91 Å². The normalized spacial score (nSPS) is 24.1. The van der Waals surface area contributed by atoms with E-state index in [0.29, 0.717) is 5.41 Å². The molecule has 0 aromatic carbocycles. The summed E-state index contributed by atoms with van der Waals surface area (Å²) in [5, 5.41) is 6.55. The first-order valence-corrected chi connectivity index (χ1v) is 8.15. The minimum atomic E-state index is 0.269. The van der Waals surface area contributed by atoms with Crippen molar-refractivity contribution in [2.24, 2.45) is 11.3 Å². The van der Waals surface area contributed by atoms with Gasteiger partial charge in [-0.25, -0.2) is 0 Å². The zero-order valence-electron chi connectivity index (χ0n) is 12.5. The number of amides is 1. The molecule has 2 N–H and O–H groups in total. The van der Waals surface area contributed by atoms with Gasteiger partial charge in [-0.3, -0.25) is 4.79 Å². The van der Waals surface area contributed by atoms with Crippen molar-refractivity contribution in [3.8, 4) is 0 Å². The lowest BCUT2D eigenvalue weighted by Crippen LogP contribution is -2.37. The van der Waals surface area contributed by atoms with Gasteiger partial charge >= 0.3 is 0 Å². The van der Waals surface area contributed by atoms with Gasteiger partial charge in [0.1, 0.15) is 0 Å². The van der Waals surface area contributed by atoms with E-state index in [1.54, 1.807) is 0 Å². The van der Waals surface area contributed by atoms with E-state index in [4.69, 9.17) is 0 Å². The lowest BCUT2D eigenvalue weighted by Gasteiger charge is -2.33.